The predicted octanol–water partition coefficient (Wildman–Crippen LogP) is 3.48. The molecule has 1 aliphatic heterocycles. The van der Waals surface area contributed by atoms with E-state index in [4.69, 9.17) is 16.3 Å². The largest absolute Gasteiger partial charge is 0.534 e. The van der Waals surface area contributed by atoms with Gasteiger partial charge in [-0.1, -0.05) is 16.7 Å². The number of sulfonamides is 1. The Kier molecular flexibility index (Phi) is 7.00. The molecular formula is C18H15ClF2N2O7S2. The Bertz CT molecular complexity index is 1160. The molecule has 1 aromatic heterocycles. The van der Waals surface area contributed by atoms with Crippen molar-refractivity contribution in [3.63, 3.8) is 0 Å². The summed E-state index contributed by atoms with van der Waals surface area (Å²) in [6, 6.07) is 3.50. The molecule has 2 amide bonds. The Balaban J connectivity index is 1.85. The molecule has 1 atom stereocenters. The molecule has 2 heterocycles. The molecule has 1 aliphatic rings. The Labute approximate surface area is 190 Å². The predicted molar refractivity (Wildman–Crippen MR) is 108 cm³/mol. The average molecular weight is 509 g/mol. The minimum atomic E-state index is -4.45. The van der Waals surface area contributed by atoms with Crippen molar-refractivity contribution in [2.45, 2.75) is 30.0 Å². The van der Waals surface area contributed by atoms with Gasteiger partial charge in [0.05, 0.1) is 16.1 Å². The second-order valence-electron chi connectivity index (χ2n) is 6.54. The molecular weight excluding hydrogens is 494 g/mol. The molecule has 0 bridgehead atoms. The number of carbonyl (C=O) groups is 3. The van der Waals surface area contributed by atoms with Crippen molar-refractivity contribution in [1.29, 1.82) is 0 Å². The Morgan fingerprint density at radius 3 is 2.47 bits per heavy atom. The number of thiophene rings is 1. The Hall–Kier alpha value is -2.77. The summed E-state index contributed by atoms with van der Waals surface area (Å²) in [5.41, 5.74) is -0.621. The summed E-state index contributed by atoms with van der Waals surface area (Å²) >= 11 is 6.51. The van der Waals surface area contributed by atoms with Crippen molar-refractivity contribution in [3.8, 4) is 0 Å². The molecule has 1 aromatic carbocycles. The molecule has 0 N–H and O–H groups in total. The second kappa shape index (κ2) is 9.38. The van der Waals surface area contributed by atoms with Crippen molar-refractivity contribution >= 4 is 56.6 Å². The quantitative estimate of drug-likeness (QED) is 0.416. The Morgan fingerprint density at radius 2 is 1.88 bits per heavy atom. The lowest BCUT2D eigenvalue weighted by Crippen LogP contribution is -2.42. The number of ether oxygens (including phenoxy) is 1. The summed E-state index contributed by atoms with van der Waals surface area (Å²) in [4.78, 5) is 39.5. The van der Waals surface area contributed by atoms with Gasteiger partial charge in [0.25, 0.3) is 21.8 Å². The van der Waals surface area contributed by atoms with Crippen molar-refractivity contribution in [2.75, 3.05) is 10.9 Å². The lowest BCUT2D eigenvalue weighted by molar-refractivity contribution is -0.177. The number of benzene rings is 1. The fraction of sp³-hybridized carbons (Fsp3) is 0.278. The van der Waals surface area contributed by atoms with E-state index in [1.807, 2.05) is 0 Å². The van der Waals surface area contributed by atoms with Gasteiger partial charge in [0.1, 0.15) is 22.5 Å². The number of rotatable bonds is 7. The molecule has 32 heavy (non-hydrogen) atoms. The highest BCUT2D eigenvalue weighted by Gasteiger charge is 2.36. The second-order valence-corrected chi connectivity index (χ2v) is 10.3. The molecule has 1 saturated heterocycles. The first-order chi connectivity index (χ1) is 15.0. The van der Waals surface area contributed by atoms with Crippen LogP contribution in [0.4, 0.5) is 19.3 Å². The monoisotopic (exact) mass is 508 g/mol. The molecule has 3 rings (SSSR count). The van der Waals surface area contributed by atoms with Gasteiger partial charge in [-0.05, 0) is 31.2 Å². The summed E-state index contributed by atoms with van der Waals surface area (Å²) in [5, 5.41) is 0.251. The third-order valence-corrected chi connectivity index (χ3v) is 7.85. The van der Waals surface area contributed by atoms with Crippen molar-refractivity contribution in [3.05, 3.63) is 46.3 Å². The average Bonchev–Trinajstić information content (AvgIpc) is 3.30. The van der Waals surface area contributed by atoms with E-state index in [-0.39, 0.29) is 26.5 Å². The molecule has 0 saturated carbocycles. The number of carbonyl (C=O) groups excluding carboxylic acids is 3. The molecule has 0 spiro atoms. The highest BCUT2D eigenvalue weighted by Crippen LogP contribution is 2.34. The van der Waals surface area contributed by atoms with E-state index >= 15 is 0 Å². The minimum absolute atomic E-state index is 0.128. The van der Waals surface area contributed by atoms with Crippen LogP contribution in [0.3, 0.4) is 0 Å². The van der Waals surface area contributed by atoms with Crippen LogP contribution >= 0.6 is 22.9 Å². The molecule has 172 valence electrons. The first kappa shape index (κ1) is 23.9. The third-order valence-electron chi connectivity index (χ3n) is 4.22. The van der Waals surface area contributed by atoms with Crippen LogP contribution in [0.2, 0.25) is 4.34 Å². The fourth-order valence-electron chi connectivity index (χ4n) is 2.81. The maximum absolute atomic E-state index is 14.5. The van der Waals surface area contributed by atoms with Crippen LogP contribution in [0.25, 0.3) is 0 Å². The van der Waals surface area contributed by atoms with Crippen LogP contribution in [0.15, 0.2) is 34.5 Å². The van der Waals surface area contributed by atoms with E-state index < -0.39 is 58.0 Å². The SMILES string of the molecule is C[C@H](COC(=O)ON1C(=O)CCC1=O)N(c1cc(F)ccc1F)S(=O)(=O)c1ccc(Cl)s1. The van der Waals surface area contributed by atoms with Crippen LogP contribution in [-0.2, 0) is 29.2 Å². The van der Waals surface area contributed by atoms with Crippen molar-refractivity contribution < 1.29 is 41.2 Å². The van der Waals surface area contributed by atoms with Gasteiger partial charge in [-0.2, -0.15) is 0 Å². The maximum Gasteiger partial charge on any atom is 0.534 e. The van der Waals surface area contributed by atoms with Crippen molar-refractivity contribution in [2.24, 2.45) is 0 Å². The molecule has 2 aromatic rings. The number of hydrogen-bond acceptors (Lipinski definition) is 8. The minimum Gasteiger partial charge on any atom is -0.430 e. The number of nitrogens with zero attached hydrogens (tertiary/aromatic N) is 2. The lowest BCUT2D eigenvalue weighted by Gasteiger charge is -2.29. The summed E-state index contributed by atoms with van der Waals surface area (Å²) in [6.07, 6.45) is -1.70. The van der Waals surface area contributed by atoms with Crippen molar-refractivity contribution in [1.82, 2.24) is 5.06 Å². The van der Waals surface area contributed by atoms with Gasteiger partial charge in [-0.3, -0.25) is 18.7 Å². The smallest absolute Gasteiger partial charge is 0.430 e. The standard InChI is InChI=1S/C18H15ClF2N2O7S2/c1-10(9-29-18(26)30-22-15(24)5-6-16(22)25)23(13-8-11(20)2-3-12(13)21)32(27,28)17-7-4-14(19)31-17/h2-4,7-8,10H,5-6,9H2,1H3/t10-/m1/s1. The summed E-state index contributed by atoms with van der Waals surface area (Å²) in [5.74, 6) is -3.41. The van der Waals surface area contributed by atoms with E-state index in [2.05, 4.69) is 4.84 Å². The number of halogens is 3. The zero-order valence-electron chi connectivity index (χ0n) is 16.3. The normalized spacial score (nSPS) is 15.1. The van der Waals surface area contributed by atoms with Crippen LogP contribution in [0.1, 0.15) is 19.8 Å². The van der Waals surface area contributed by atoms with E-state index in [0.29, 0.717) is 21.7 Å². The van der Waals surface area contributed by atoms with Crippen LogP contribution < -0.4 is 4.31 Å². The number of hydroxylamine groups is 2. The van der Waals surface area contributed by atoms with Gasteiger partial charge >= 0.3 is 6.16 Å². The first-order valence-corrected chi connectivity index (χ1v) is 11.6. The van der Waals surface area contributed by atoms with Gasteiger partial charge in [0, 0.05) is 18.9 Å². The van der Waals surface area contributed by atoms with Gasteiger partial charge in [0.15, 0.2) is 0 Å². The molecule has 0 aliphatic carbocycles. The van der Waals surface area contributed by atoms with E-state index in [1.165, 1.54) is 19.1 Å². The zero-order valence-corrected chi connectivity index (χ0v) is 18.7. The maximum atomic E-state index is 14.5. The van der Waals surface area contributed by atoms with Gasteiger partial charge < -0.3 is 4.74 Å². The number of hydrogen-bond donors (Lipinski definition) is 0. The number of amides is 2. The molecule has 14 heteroatoms. The van der Waals surface area contributed by atoms with Gasteiger partial charge in [-0.15, -0.1) is 11.3 Å². The fourth-order valence-corrected chi connectivity index (χ4v) is 6.02. The first-order valence-electron chi connectivity index (χ1n) is 8.96. The van der Waals surface area contributed by atoms with E-state index in [1.54, 1.807) is 0 Å². The number of anilines is 1. The summed E-state index contributed by atoms with van der Waals surface area (Å²) < 4.78 is 59.9. The lowest BCUT2D eigenvalue weighted by atomic mass is 10.2. The van der Waals surface area contributed by atoms with E-state index in [9.17, 15) is 31.6 Å². The van der Waals surface area contributed by atoms with Crippen LogP contribution in [-0.4, -0.2) is 44.1 Å². The molecule has 0 unspecified atom stereocenters. The highest BCUT2D eigenvalue weighted by molar-refractivity contribution is 7.94. The molecule has 0 radical (unpaired) electrons. The van der Waals surface area contributed by atoms with Gasteiger partial charge in [0.2, 0.25) is 0 Å². The van der Waals surface area contributed by atoms with Gasteiger partial charge in [-0.25, -0.2) is 22.0 Å². The zero-order chi connectivity index (χ0) is 23.6. The highest BCUT2D eigenvalue weighted by atomic mass is 35.5. The third kappa shape index (κ3) is 5.00. The topological polar surface area (TPSA) is 110 Å². The molecule has 9 nitrogen and oxygen atoms in total. The van der Waals surface area contributed by atoms with Crippen LogP contribution in [0, 0.1) is 11.6 Å². The van der Waals surface area contributed by atoms with Crippen LogP contribution in [0.5, 0.6) is 0 Å². The Morgan fingerprint density at radius 1 is 1.22 bits per heavy atom. The van der Waals surface area contributed by atoms with E-state index in [0.717, 1.165) is 12.1 Å². The number of imide groups is 1. The summed E-state index contributed by atoms with van der Waals surface area (Å²) in [6.45, 7) is 0.597. The molecule has 1 fully saturated rings. The summed E-state index contributed by atoms with van der Waals surface area (Å²) in [7, 11) is -4.45.